The van der Waals surface area contributed by atoms with Crippen LogP contribution in [0.3, 0.4) is 0 Å². The molecule has 36 heavy (non-hydrogen) atoms. The zero-order chi connectivity index (χ0) is 26.3. The predicted molar refractivity (Wildman–Crippen MR) is 138 cm³/mol. The highest BCUT2D eigenvalue weighted by Gasteiger charge is 2.36. The zero-order valence-electron chi connectivity index (χ0n) is 21.9. The standard InChI is InChI=1S/C27H36N4O5/c1-27(2,3)28-26(33)30(14-15-34-4)18-25(32)31-23(21-12-7-8-13-24(21)36-6)17-22(29-31)19-10-9-11-20(16-19)35-5/h7-13,16,23H,14-15,17-18H2,1-6H3,(H,28,33)/t23-/m1/s1. The number of ether oxygens (including phenoxy) is 3. The summed E-state index contributed by atoms with van der Waals surface area (Å²) in [5.74, 6) is 1.08. The molecule has 1 N–H and O–H groups in total. The summed E-state index contributed by atoms with van der Waals surface area (Å²) in [6.07, 6.45) is 0.492. The molecule has 0 fully saturated rings. The summed E-state index contributed by atoms with van der Waals surface area (Å²) in [5.41, 5.74) is 2.01. The highest BCUT2D eigenvalue weighted by Crippen LogP contribution is 2.37. The van der Waals surface area contributed by atoms with Gasteiger partial charge in [0, 0.05) is 36.7 Å². The number of methoxy groups -OCH3 is 3. The van der Waals surface area contributed by atoms with Crippen LogP contribution < -0.4 is 14.8 Å². The fourth-order valence-corrected chi connectivity index (χ4v) is 3.99. The predicted octanol–water partition coefficient (Wildman–Crippen LogP) is 3.84. The van der Waals surface area contributed by atoms with Crippen LogP contribution in [0.2, 0.25) is 0 Å². The Morgan fingerprint density at radius 2 is 1.83 bits per heavy atom. The van der Waals surface area contributed by atoms with Crippen LogP contribution in [0.1, 0.15) is 44.4 Å². The lowest BCUT2D eigenvalue weighted by molar-refractivity contribution is -0.133. The molecule has 3 rings (SSSR count). The molecular formula is C27H36N4O5. The smallest absolute Gasteiger partial charge is 0.318 e. The van der Waals surface area contributed by atoms with Crippen molar-refractivity contribution in [3.63, 3.8) is 0 Å². The second kappa shape index (κ2) is 11.9. The van der Waals surface area contributed by atoms with E-state index in [-0.39, 0.29) is 31.1 Å². The van der Waals surface area contributed by atoms with Gasteiger partial charge in [0.05, 0.1) is 32.6 Å². The number of carbonyl (C=O) groups is 2. The average Bonchev–Trinajstić information content (AvgIpc) is 3.31. The number of nitrogens with one attached hydrogen (secondary N) is 1. The van der Waals surface area contributed by atoms with Gasteiger partial charge in [0.15, 0.2) is 0 Å². The Bertz CT molecular complexity index is 1100. The van der Waals surface area contributed by atoms with Gasteiger partial charge in [0.25, 0.3) is 5.91 Å². The summed E-state index contributed by atoms with van der Waals surface area (Å²) in [6.45, 7) is 6.10. The van der Waals surface area contributed by atoms with Gasteiger partial charge in [-0.1, -0.05) is 30.3 Å². The van der Waals surface area contributed by atoms with Crippen molar-refractivity contribution in [3.05, 3.63) is 59.7 Å². The molecule has 1 heterocycles. The molecule has 2 aromatic carbocycles. The highest BCUT2D eigenvalue weighted by atomic mass is 16.5. The summed E-state index contributed by atoms with van der Waals surface area (Å²) in [4.78, 5) is 28.1. The lowest BCUT2D eigenvalue weighted by atomic mass is 9.97. The Labute approximate surface area is 213 Å². The molecule has 0 aromatic heterocycles. The third kappa shape index (κ3) is 6.75. The molecular weight excluding hydrogens is 460 g/mol. The molecule has 0 unspecified atom stereocenters. The van der Waals surface area contributed by atoms with E-state index in [2.05, 4.69) is 5.32 Å². The molecule has 0 saturated heterocycles. The van der Waals surface area contributed by atoms with Crippen LogP contribution in [0.15, 0.2) is 53.6 Å². The van der Waals surface area contributed by atoms with Crippen molar-refractivity contribution in [1.82, 2.24) is 15.2 Å². The first-order valence-corrected chi connectivity index (χ1v) is 11.9. The van der Waals surface area contributed by atoms with Gasteiger partial charge in [-0.2, -0.15) is 5.10 Å². The first-order valence-electron chi connectivity index (χ1n) is 11.9. The lowest BCUT2D eigenvalue weighted by Gasteiger charge is -2.30. The number of hydrogen-bond donors (Lipinski definition) is 1. The Morgan fingerprint density at radius 3 is 2.50 bits per heavy atom. The van der Waals surface area contributed by atoms with Gasteiger partial charge in [-0.15, -0.1) is 0 Å². The van der Waals surface area contributed by atoms with Crippen LogP contribution in [0.5, 0.6) is 11.5 Å². The second-order valence-electron chi connectivity index (χ2n) is 9.57. The maximum atomic E-state index is 13.7. The normalized spacial score (nSPS) is 15.3. The Balaban J connectivity index is 1.94. The number of hydrogen-bond acceptors (Lipinski definition) is 6. The molecule has 0 bridgehead atoms. The third-order valence-electron chi connectivity index (χ3n) is 5.73. The summed E-state index contributed by atoms with van der Waals surface area (Å²) in [6, 6.07) is 14.5. The van der Waals surface area contributed by atoms with Gasteiger partial charge < -0.3 is 24.4 Å². The van der Waals surface area contributed by atoms with E-state index >= 15 is 0 Å². The molecule has 1 atom stereocenters. The molecule has 0 aliphatic carbocycles. The lowest BCUT2D eigenvalue weighted by Crippen LogP contribution is -2.52. The van der Waals surface area contributed by atoms with E-state index in [0.29, 0.717) is 24.5 Å². The van der Waals surface area contributed by atoms with Crippen LogP contribution in [0, 0.1) is 0 Å². The van der Waals surface area contributed by atoms with Crippen LogP contribution in [-0.4, -0.2) is 74.1 Å². The van der Waals surface area contributed by atoms with Crippen LogP contribution >= 0.6 is 0 Å². The Hall–Kier alpha value is -3.59. The van der Waals surface area contributed by atoms with Crippen molar-refractivity contribution in [1.29, 1.82) is 0 Å². The number of nitrogens with zero attached hydrogens (tertiary/aromatic N) is 3. The van der Waals surface area contributed by atoms with Gasteiger partial charge in [-0.25, -0.2) is 9.80 Å². The largest absolute Gasteiger partial charge is 0.497 e. The van der Waals surface area contributed by atoms with E-state index in [4.69, 9.17) is 19.3 Å². The number of amides is 3. The molecule has 194 valence electrons. The minimum Gasteiger partial charge on any atom is -0.497 e. The molecule has 3 amide bonds. The number of rotatable bonds is 9. The van der Waals surface area contributed by atoms with E-state index in [0.717, 1.165) is 16.8 Å². The van der Waals surface area contributed by atoms with Crippen LogP contribution in [0.4, 0.5) is 4.79 Å². The van der Waals surface area contributed by atoms with Crippen LogP contribution in [-0.2, 0) is 9.53 Å². The first kappa shape index (κ1) is 27.0. The first-order chi connectivity index (χ1) is 17.2. The Morgan fingerprint density at radius 1 is 1.08 bits per heavy atom. The summed E-state index contributed by atoms with van der Waals surface area (Å²) in [5, 5.41) is 9.13. The molecule has 2 aromatic rings. The quantitative estimate of drug-likeness (QED) is 0.570. The van der Waals surface area contributed by atoms with Crippen molar-refractivity contribution in [3.8, 4) is 11.5 Å². The summed E-state index contributed by atoms with van der Waals surface area (Å²) < 4.78 is 16.1. The van der Waals surface area contributed by atoms with Crippen LogP contribution in [0.25, 0.3) is 0 Å². The number of carbonyl (C=O) groups excluding carboxylic acids is 2. The number of urea groups is 1. The second-order valence-corrected chi connectivity index (χ2v) is 9.57. The fourth-order valence-electron chi connectivity index (χ4n) is 3.99. The number of hydrazone groups is 1. The van der Waals surface area contributed by atoms with E-state index in [1.54, 1.807) is 21.3 Å². The SMILES string of the molecule is COCCN(CC(=O)N1N=C(c2cccc(OC)c2)C[C@@H]1c1ccccc1OC)C(=O)NC(C)(C)C. The minimum absolute atomic E-state index is 0.147. The average molecular weight is 497 g/mol. The molecule has 0 radical (unpaired) electrons. The molecule has 9 heteroatoms. The zero-order valence-corrected chi connectivity index (χ0v) is 21.9. The Kier molecular flexibility index (Phi) is 8.93. The van der Waals surface area contributed by atoms with Crippen molar-refractivity contribution >= 4 is 17.6 Å². The monoisotopic (exact) mass is 496 g/mol. The van der Waals surface area contributed by atoms with E-state index in [1.807, 2.05) is 69.3 Å². The maximum Gasteiger partial charge on any atom is 0.318 e. The number of benzene rings is 2. The topological polar surface area (TPSA) is 92.7 Å². The van der Waals surface area contributed by atoms with Crippen molar-refractivity contribution in [2.24, 2.45) is 5.10 Å². The van der Waals surface area contributed by atoms with Gasteiger partial charge in [-0.05, 0) is 39.0 Å². The van der Waals surface area contributed by atoms with E-state index < -0.39 is 5.54 Å². The van der Waals surface area contributed by atoms with Gasteiger partial charge >= 0.3 is 6.03 Å². The van der Waals surface area contributed by atoms with Crippen molar-refractivity contribution in [2.75, 3.05) is 41.0 Å². The van der Waals surface area contributed by atoms with Gasteiger partial charge in [0.1, 0.15) is 18.0 Å². The molecule has 1 aliphatic rings. The summed E-state index contributed by atoms with van der Waals surface area (Å²) in [7, 11) is 4.78. The molecule has 9 nitrogen and oxygen atoms in total. The summed E-state index contributed by atoms with van der Waals surface area (Å²) >= 11 is 0. The van der Waals surface area contributed by atoms with Crippen molar-refractivity contribution in [2.45, 2.75) is 38.8 Å². The third-order valence-corrected chi connectivity index (χ3v) is 5.73. The van der Waals surface area contributed by atoms with Crippen molar-refractivity contribution < 1.29 is 23.8 Å². The minimum atomic E-state index is -0.448. The number of para-hydroxylation sites is 1. The van der Waals surface area contributed by atoms with E-state index in [1.165, 1.54) is 9.91 Å². The fraction of sp³-hybridized carbons (Fsp3) is 0.444. The molecule has 0 saturated carbocycles. The molecule has 1 aliphatic heterocycles. The van der Waals surface area contributed by atoms with E-state index in [9.17, 15) is 9.59 Å². The van der Waals surface area contributed by atoms with Gasteiger partial charge in [-0.3, -0.25) is 4.79 Å². The highest BCUT2D eigenvalue weighted by molar-refractivity contribution is 6.03. The van der Waals surface area contributed by atoms with Gasteiger partial charge in [0.2, 0.25) is 0 Å². The maximum absolute atomic E-state index is 13.7. The molecule has 0 spiro atoms.